The van der Waals surface area contributed by atoms with Crippen LogP contribution in [0.4, 0.5) is 13.2 Å². The first-order valence-corrected chi connectivity index (χ1v) is 5.12. The normalized spacial score (nSPS) is 10.4. The molecule has 0 amide bonds. The summed E-state index contributed by atoms with van der Waals surface area (Å²) in [6.07, 6.45) is 0. The van der Waals surface area contributed by atoms with Crippen LogP contribution < -0.4 is 4.74 Å². The maximum absolute atomic E-state index is 13.0. The standard InChI is InChI=1S/C13H9F3O2/c14-9-1-4-13(8(5-9)7-17)18-10-2-3-11(15)12(16)6-10/h1-6,17H,7H2. The SMILES string of the molecule is OCc1cc(F)ccc1Oc1ccc(F)c(F)c1. The van der Waals surface area contributed by atoms with Crippen LogP contribution in [0.15, 0.2) is 36.4 Å². The first-order valence-electron chi connectivity index (χ1n) is 5.12. The largest absolute Gasteiger partial charge is 0.457 e. The molecule has 0 unspecified atom stereocenters. The van der Waals surface area contributed by atoms with E-state index in [4.69, 9.17) is 9.84 Å². The van der Waals surface area contributed by atoms with Gasteiger partial charge in [0.25, 0.3) is 0 Å². The topological polar surface area (TPSA) is 29.5 Å². The summed E-state index contributed by atoms with van der Waals surface area (Å²) < 4.78 is 43.9. The van der Waals surface area contributed by atoms with Crippen molar-refractivity contribution in [3.63, 3.8) is 0 Å². The maximum atomic E-state index is 13.0. The molecule has 0 bridgehead atoms. The van der Waals surface area contributed by atoms with E-state index in [1.54, 1.807) is 0 Å². The second kappa shape index (κ2) is 5.10. The van der Waals surface area contributed by atoms with Crippen LogP contribution >= 0.6 is 0 Å². The van der Waals surface area contributed by atoms with Crippen LogP contribution in [0.3, 0.4) is 0 Å². The Balaban J connectivity index is 2.30. The minimum atomic E-state index is -1.04. The number of rotatable bonds is 3. The third kappa shape index (κ3) is 2.62. The Morgan fingerprint density at radius 1 is 0.944 bits per heavy atom. The molecule has 2 nitrogen and oxygen atoms in total. The summed E-state index contributed by atoms with van der Waals surface area (Å²) in [5, 5.41) is 9.04. The summed E-state index contributed by atoms with van der Waals surface area (Å²) in [4.78, 5) is 0. The summed E-state index contributed by atoms with van der Waals surface area (Å²) in [6, 6.07) is 6.60. The molecular weight excluding hydrogens is 245 g/mol. The highest BCUT2D eigenvalue weighted by Gasteiger charge is 2.08. The summed E-state index contributed by atoms with van der Waals surface area (Å²) in [6.45, 7) is -0.420. The molecule has 0 radical (unpaired) electrons. The summed E-state index contributed by atoms with van der Waals surface area (Å²) in [5.41, 5.74) is 0.222. The van der Waals surface area contributed by atoms with Gasteiger partial charge in [0, 0.05) is 11.6 Å². The highest BCUT2D eigenvalue weighted by molar-refractivity contribution is 5.38. The van der Waals surface area contributed by atoms with Gasteiger partial charge in [-0.25, -0.2) is 13.2 Å². The Hall–Kier alpha value is -2.01. The summed E-state index contributed by atoms with van der Waals surface area (Å²) in [5.74, 6) is -2.29. The molecule has 0 saturated carbocycles. The van der Waals surface area contributed by atoms with Gasteiger partial charge in [-0.05, 0) is 30.3 Å². The van der Waals surface area contributed by atoms with Crippen LogP contribution in [-0.2, 0) is 6.61 Å². The average Bonchev–Trinajstić information content (AvgIpc) is 2.36. The zero-order valence-corrected chi connectivity index (χ0v) is 9.16. The van der Waals surface area contributed by atoms with Crippen molar-refractivity contribution in [3.8, 4) is 11.5 Å². The van der Waals surface area contributed by atoms with Crippen LogP contribution in [0.1, 0.15) is 5.56 Å². The summed E-state index contributed by atoms with van der Waals surface area (Å²) in [7, 11) is 0. The molecule has 5 heteroatoms. The van der Waals surface area contributed by atoms with E-state index in [1.807, 2.05) is 0 Å². The van der Waals surface area contributed by atoms with Gasteiger partial charge in [-0.15, -0.1) is 0 Å². The first kappa shape index (κ1) is 12.4. The van der Waals surface area contributed by atoms with E-state index in [9.17, 15) is 13.2 Å². The number of benzene rings is 2. The van der Waals surface area contributed by atoms with Crippen LogP contribution in [-0.4, -0.2) is 5.11 Å². The van der Waals surface area contributed by atoms with Crippen LogP contribution in [0.25, 0.3) is 0 Å². The number of ether oxygens (including phenoxy) is 1. The van der Waals surface area contributed by atoms with Gasteiger partial charge >= 0.3 is 0 Å². The Bertz CT molecular complexity index is 570. The monoisotopic (exact) mass is 254 g/mol. The molecule has 2 aromatic carbocycles. The molecule has 2 aromatic rings. The molecular formula is C13H9F3O2. The predicted molar refractivity (Wildman–Crippen MR) is 58.8 cm³/mol. The number of halogens is 3. The van der Waals surface area contributed by atoms with E-state index >= 15 is 0 Å². The fourth-order valence-corrected chi connectivity index (χ4v) is 1.44. The minimum Gasteiger partial charge on any atom is -0.457 e. The van der Waals surface area contributed by atoms with Gasteiger partial charge < -0.3 is 9.84 Å². The lowest BCUT2D eigenvalue weighted by molar-refractivity contribution is 0.275. The number of hydrogen-bond donors (Lipinski definition) is 1. The third-order valence-electron chi connectivity index (χ3n) is 2.31. The Kier molecular flexibility index (Phi) is 3.53. The van der Waals surface area contributed by atoms with Gasteiger partial charge in [0.05, 0.1) is 6.61 Å². The zero-order valence-electron chi connectivity index (χ0n) is 9.16. The van der Waals surface area contributed by atoms with E-state index in [2.05, 4.69) is 0 Å². The molecule has 0 aliphatic carbocycles. The molecule has 0 atom stereocenters. The smallest absolute Gasteiger partial charge is 0.162 e. The molecule has 2 rings (SSSR count). The fraction of sp³-hybridized carbons (Fsp3) is 0.0769. The van der Waals surface area contributed by atoms with E-state index in [0.717, 1.165) is 24.3 Å². The second-order valence-corrected chi connectivity index (χ2v) is 3.59. The van der Waals surface area contributed by atoms with E-state index in [0.29, 0.717) is 0 Å². The zero-order chi connectivity index (χ0) is 13.1. The molecule has 0 heterocycles. The Morgan fingerprint density at radius 2 is 1.72 bits per heavy atom. The molecule has 0 saturated heterocycles. The van der Waals surface area contributed by atoms with Crippen molar-refractivity contribution in [2.45, 2.75) is 6.61 Å². The first-order chi connectivity index (χ1) is 8.60. The lowest BCUT2D eigenvalue weighted by Gasteiger charge is -2.09. The number of aliphatic hydroxyl groups is 1. The molecule has 1 N–H and O–H groups in total. The van der Waals surface area contributed by atoms with Crippen LogP contribution in [0.5, 0.6) is 11.5 Å². The van der Waals surface area contributed by atoms with Crippen molar-refractivity contribution < 1.29 is 23.0 Å². The van der Waals surface area contributed by atoms with Crippen molar-refractivity contribution in [1.29, 1.82) is 0 Å². The Labute approximate surface area is 101 Å². The van der Waals surface area contributed by atoms with Gasteiger partial charge in [-0.1, -0.05) is 0 Å². The predicted octanol–water partition coefficient (Wildman–Crippen LogP) is 3.39. The average molecular weight is 254 g/mol. The maximum Gasteiger partial charge on any atom is 0.162 e. The van der Waals surface area contributed by atoms with E-state index in [1.165, 1.54) is 12.1 Å². The van der Waals surface area contributed by atoms with Crippen molar-refractivity contribution in [2.75, 3.05) is 0 Å². The van der Waals surface area contributed by atoms with E-state index in [-0.39, 0.29) is 17.1 Å². The van der Waals surface area contributed by atoms with Gasteiger partial charge in [0.1, 0.15) is 17.3 Å². The molecule has 0 aliphatic heterocycles. The Morgan fingerprint density at radius 3 is 2.39 bits per heavy atom. The molecule has 0 fully saturated rings. The van der Waals surface area contributed by atoms with Crippen molar-refractivity contribution in [2.24, 2.45) is 0 Å². The van der Waals surface area contributed by atoms with Gasteiger partial charge in [-0.2, -0.15) is 0 Å². The lowest BCUT2D eigenvalue weighted by Crippen LogP contribution is -1.94. The summed E-state index contributed by atoms with van der Waals surface area (Å²) >= 11 is 0. The molecule has 18 heavy (non-hydrogen) atoms. The highest BCUT2D eigenvalue weighted by Crippen LogP contribution is 2.27. The second-order valence-electron chi connectivity index (χ2n) is 3.59. The van der Waals surface area contributed by atoms with Gasteiger partial charge in [0.15, 0.2) is 11.6 Å². The third-order valence-corrected chi connectivity index (χ3v) is 2.31. The van der Waals surface area contributed by atoms with Crippen LogP contribution in [0.2, 0.25) is 0 Å². The minimum absolute atomic E-state index is 0.0650. The van der Waals surface area contributed by atoms with Crippen molar-refractivity contribution >= 4 is 0 Å². The molecule has 0 aromatic heterocycles. The molecule has 0 aliphatic rings. The quantitative estimate of drug-likeness (QED) is 0.909. The van der Waals surface area contributed by atoms with Gasteiger partial charge in [-0.3, -0.25) is 0 Å². The highest BCUT2D eigenvalue weighted by atomic mass is 19.2. The lowest BCUT2D eigenvalue weighted by atomic mass is 10.2. The molecule has 0 spiro atoms. The number of hydrogen-bond acceptors (Lipinski definition) is 2. The van der Waals surface area contributed by atoms with Crippen molar-refractivity contribution in [3.05, 3.63) is 59.4 Å². The number of aliphatic hydroxyl groups excluding tert-OH is 1. The van der Waals surface area contributed by atoms with Crippen molar-refractivity contribution in [1.82, 2.24) is 0 Å². The van der Waals surface area contributed by atoms with Crippen LogP contribution in [0, 0.1) is 17.5 Å². The fourth-order valence-electron chi connectivity index (χ4n) is 1.44. The molecule has 94 valence electrons. The van der Waals surface area contributed by atoms with Gasteiger partial charge in [0.2, 0.25) is 0 Å². The van der Waals surface area contributed by atoms with E-state index < -0.39 is 24.1 Å².